The van der Waals surface area contributed by atoms with Gasteiger partial charge in [-0.1, -0.05) is 77.9 Å². The van der Waals surface area contributed by atoms with Gasteiger partial charge in [0, 0.05) is 17.8 Å². The topological polar surface area (TPSA) is 4.93 Å². The van der Waals surface area contributed by atoms with E-state index in [2.05, 4.69) is 89.6 Å². The first-order chi connectivity index (χ1) is 10.1. The monoisotopic (exact) mass is 293 g/mol. The van der Waals surface area contributed by atoms with Crippen molar-refractivity contribution >= 4 is 21.8 Å². The van der Waals surface area contributed by atoms with Crippen molar-refractivity contribution in [3.05, 3.63) is 47.5 Å². The number of aryl methyl sites for hydroxylation is 1. The van der Waals surface area contributed by atoms with Gasteiger partial charge in [-0.05, 0) is 22.0 Å². The summed E-state index contributed by atoms with van der Waals surface area (Å²) in [6, 6.07) is 13.5. The fourth-order valence-electron chi connectivity index (χ4n) is 3.57. The highest BCUT2D eigenvalue weighted by Crippen LogP contribution is 2.39. The van der Waals surface area contributed by atoms with Crippen LogP contribution in [0.15, 0.2) is 36.4 Å². The molecule has 0 radical (unpaired) electrons. The molecule has 2 aromatic carbocycles. The largest absolute Gasteiger partial charge is 0.343 e. The van der Waals surface area contributed by atoms with Crippen molar-refractivity contribution in [2.24, 2.45) is 7.05 Å². The molecular formula is C21H27N. The Bertz CT molecular complexity index is 780. The lowest BCUT2D eigenvalue weighted by atomic mass is 9.85. The van der Waals surface area contributed by atoms with Crippen molar-refractivity contribution in [1.82, 2.24) is 4.57 Å². The third kappa shape index (κ3) is 2.15. The molecule has 0 bridgehead atoms. The zero-order chi connectivity index (χ0) is 16.3. The summed E-state index contributed by atoms with van der Waals surface area (Å²) < 4.78 is 2.41. The molecule has 3 rings (SSSR count). The molecule has 116 valence electrons. The molecule has 1 nitrogen and oxygen atoms in total. The molecule has 1 heterocycles. The molecule has 3 aromatic rings. The van der Waals surface area contributed by atoms with Crippen molar-refractivity contribution in [1.29, 1.82) is 0 Å². The summed E-state index contributed by atoms with van der Waals surface area (Å²) in [6.07, 6.45) is 0. The Morgan fingerprint density at radius 2 is 1.00 bits per heavy atom. The van der Waals surface area contributed by atoms with Crippen LogP contribution >= 0.6 is 0 Å². The summed E-state index contributed by atoms with van der Waals surface area (Å²) in [6.45, 7) is 13.8. The molecule has 0 atom stereocenters. The van der Waals surface area contributed by atoms with Crippen molar-refractivity contribution in [3.63, 3.8) is 0 Å². The quantitative estimate of drug-likeness (QED) is 0.484. The molecule has 0 fully saturated rings. The Balaban J connectivity index is 2.55. The lowest BCUT2D eigenvalue weighted by Crippen LogP contribution is -2.14. The minimum atomic E-state index is 0.142. The first kappa shape index (κ1) is 15.1. The van der Waals surface area contributed by atoms with Crippen LogP contribution in [0.2, 0.25) is 0 Å². The first-order valence-corrected chi connectivity index (χ1v) is 8.13. The maximum absolute atomic E-state index is 2.41. The van der Waals surface area contributed by atoms with E-state index in [1.54, 1.807) is 0 Å². The first-order valence-electron chi connectivity index (χ1n) is 8.13. The summed E-state index contributed by atoms with van der Waals surface area (Å²) >= 11 is 0. The van der Waals surface area contributed by atoms with Crippen molar-refractivity contribution in [2.45, 2.75) is 52.4 Å². The molecule has 0 saturated carbocycles. The van der Waals surface area contributed by atoms with Gasteiger partial charge in [-0.2, -0.15) is 0 Å². The van der Waals surface area contributed by atoms with Gasteiger partial charge >= 0.3 is 0 Å². The number of nitrogens with zero attached hydrogens (tertiary/aromatic N) is 1. The van der Waals surface area contributed by atoms with Crippen molar-refractivity contribution in [3.8, 4) is 0 Å². The maximum Gasteiger partial charge on any atom is 0.0526 e. The molecule has 1 aromatic heterocycles. The van der Waals surface area contributed by atoms with E-state index in [1.807, 2.05) is 0 Å². The van der Waals surface area contributed by atoms with Gasteiger partial charge in [0.15, 0.2) is 0 Å². The molecular weight excluding hydrogens is 266 g/mol. The zero-order valence-corrected chi connectivity index (χ0v) is 14.9. The molecule has 0 spiro atoms. The number of hydrogen-bond acceptors (Lipinski definition) is 0. The Morgan fingerprint density at radius 1 is 0.636 bits per heavy atom. The summed E-state index contributed by atoms with van der Waals surface area (Å²) in [7, 11) is 2.22. The molecule has 0 N–H and O–H groups in total. The van der Waals surface area contributed by atoms with Crippen LogP contribution in [0.1, 0.15) is 52.7 Å². The Labute approximate surface area is 133 Å². The van der Waals surface area contributed by atoms with E-state index in [1.165, 1.54) is 32.9 Å². The van der Waals surface area contributed by atoms with E-state index in [9.17, 15) is 0 Å². The second-order valence-electron chi connectivity index (χ2n) is 8.46. The van der Waals surface area contributed by atoms with Crippen LogP contribution in [-0.4, -0.2) is 4.57 Å². The van der Waals surface area contributed by atoms with Crippen LogP contribution in [-0.2, 0) is 17.9 Å². The van der Waals surface area contributed by atoms with Gasteiger partial charge in [0.05, 0.1) is 11.0 Å². The van der Waals surface area contributed by atoms with E-state index in [0.717, 1.165) is 0 Å². The Morgan fingerprint density at radius 3 is 1.32 bits per heavy atom. The minimum Gasteiger partial charge on any atom is -0.343 e. The number of hydrogen-bond donors (Lipinski definition) is 0. The summed E-state index contributed by atoms with van der Waals surface area (Å²) in [5, 5.41) is 2.74. The highest BCUT2D eigenvalue weighted by molar-refractivity contribution is 6.10. The number of aromatic nitrogens is 1. The molecule has 0 saturated heterocycles. The predicted octanol–water partition coefficient (Wildman–Crippen LogP) is 5.93. The summed E-state index contributed by atoms with van der Waals surface area (Å²) in [5.41, 5.74) is 5.88. The highest BCUT2D eigenvalue weighted by atomic mass is 14.9. The highest BCUT2D eigenvalue weighted by Gasteiger charge is 2.24. The molecule has 22 heavy (non-hydrogen) atoms. The van der Waals surface area contributed by atoms with Gasteiger partial charge < -0.3 is 4.57 Å². The van der Waals surface area contributed by atoms with Gasteiger partial charge in [0.2, 0.25) is 0 Å². The van der Waals surface area contributed by atoms with Crippen molar-refractivity contribution in [2.75, 3.05) is 0 Å². The molecule has 0 aliphatic rings. The van der Waals surface area contributed by atoms with E-state index < -0.39 is 0 Å². The van der Waals surface area contributed by atoms with Crippen LogP contribution in [0.5, 0.6) is 0 Å². The number of rotatable bonds is 0. The summed E-state index contributed by atoms with van der Waals surface area (Å²) in [5.74, 6) is 0. The lowest BCUT2D eigenvalue weighted by molar-refractivity contribution is 0.589. The molecule has 0 unspecified atom stereocenters. The fraction of sp³-hybridized carbons (Fsp3) is 0.429. The van der Waals surface area contributed by atoms with E-state index >= 15 is 0 Å². The van der Waals surface area contributed by atoms with Gasteiger partial charge in [0.25, 0.3) is 0 Å². The molecule has 1 heteroatoms. The van der Waals surface area contributed by atoms with Gasteiger partial charge in [-0.25, -0.2) is 0 Å². The van der Waals surface area contributed by atoms with Crippen molar-refractivity contribution < 1.29 is 0 Å². The smallest absolute Gasteiger partial charge is 0.0526 e. The number of benzene rings is 2. The number of fused-ring (bicyclic) bond motifs is 3. The third-order valence-corrected chi connectivity index (χ3v) is 4.65. The van der Waals surface area contributed by atoms with Crippen LogP contribution < -0.4 is 0 Å². The Kier molecular flexibility index (Phi) is 3.18. The van der Waals surface area contributed by atoms with E-state index in [-0.39, 0.29) is 10.8 Å². The second-order valence-corrected chi connectivity index (χ2v) is 8.46. The Hall–Kier alpha value is -1.76. The van der Waals surface area contributed by atoms with Crippen LogP contribution in [0.4, 0.5) is 0 Å². The maximum atomic E-state index is 2.41. The van der Waals surface area contributed by atoms with Crippen LogP contribution in [0.25, 0.3) is 21.8 Å². The lowest BCUT2D eigenvalue weighted by Gasteiger charge is -2.22. The zero-order valence-electron chi connectivity index (χ0n) is 14.9. The standard InChI is InChI=1S/C21H27N/c1-20(2,3)16-12-8-10-14-15-11-9-13-17(21(4,5)6)19(15)22(7)18(14)16/h8-13H,1-7H3. The second kappa shape index (κ2) is 4.62. The average molecular weight is 293 g/mol. The van der Waals surface area contributed by atoms with Crippen LogP contribution in [0.3, 0.4) is 0 Å². The molecule has 0 amide bonds. The van der Waals surface area contributed by atoms with E-state index in [4.69, 9.17) is 0 Å². The normalized spacial score (nSPS) is 13.2. The molecule has 0 aliphatic heterocycles. The number of para-hydroxylation sites is 2. The summed E-state index contributed by atoms with van der Waals surface area (Å²) in [4.78, 5) is 0. The SMILES string of the molecule is Cn1c2c(C(C)(C)C)cccc2c2cccc(C(C)(C)C)c21. The predicted molar refractivity (Wildman–Crippen MR) is 97.8 cm³/mol. The third-order valence-electron chi connectivity index (χ3n) is 4.65. The molecule has 0 aliphatic carbocycles. The average Bonchev–Trinajstić information content (AvgIpc) is 2.71. The van der Waals surface area contributed by atoms with E-state index in [0.29, 0.717) is 0 Å². The minimum absolute atomic E-state index is 0.142. The fourth-order valence-corrected chi connectivity index (χ4v) is 3.57. The van der Waals surface area contributed by atoms with Gasteiger partial charge in [0.1, 0.15) is 0 Å². The van der Waals surface area contributed by atoms with Crippen LogP contribution in [0, 0.1) is 0 Å². The van der Waals surface area contributed by atoms with Gasteiger partial charge in [-0.15, -0.1) is 0 Å². The van der Waals surface area contributed by atoms with Gasteiger partial charge in [-0.3, -0.25) is 0 Å².